The van der Waals surface area contributed by atoms with Crippen LogP contribution in [0.5, 0.6) is 0 Å². The van der Waals surface area contributed by atoms with Crippen molar-refractivity contribution in [1.82, 2.24) is 19.9 Å². The zero-order chi connectivity index (χ0) is 20.9. The molecule has 1 amide bonds. The molecule has 0 unspecified atom stereocenters. The van der Waals surface area contributed by atoms with E-state index in [1.165, 1.54) is 4.57 Å². The van der Waals surface area contributed by atoms with E-state index < -0.39 is 11.5 Å². The van der Waals surface area contributed by atoms with E-state index in [0.29, 0.717) is 29.2 Å². The van der Waals surface area contributed by atoms with Gasteiger partial charge in [-0.25, -0.2) is 9.97 Å². The third kappa shape index (κ3) is 4.23. The summed E-state index contributed by atoms with van der Waals surface area (Å²) in [6.45, 7) is 0.596. The lowest BCUT2D eigenvalue weighted by Crippen LogP contribution is -2.35. The first-order valence-corrected chi connectivity index (χ1v) is 9.92. The van der Waals surface area contributed by atoms with E-state index in [1.54, 1.807) is 24.4 Å². The molecule has 0 saturated heterocycles. The van der Waals surface area contributed by atoms with Crippen molar-refractivity contribution in [2.45, 2.75) is 19.5 Å². The highest BCUT2D eigenvalue weighted by Crippen LogP contribution is 2.14. The van der Waals surface area contributed by atoms with E-state index in [0.717, 1.165) is 11.1 Å². The number of carbonyl (C=O) groups is 1. The zero-order valence-corrected chi connectivity index (χ0v) is 16.8. The minimum absolute atomic E-state index is 0.157. The van der Waals surface area contributed by atoms with Gasteiger partial charge in [0.15, 0.2) is 11.3 Å². The second-order valence-electron chi connectivity index (χ2n) is 6.77. The lowest BCUT2D eigenvalue weighted by atomic mass is 10.1. The Balaban J connectivity index is 1.64. The number of carbonyl (C=O) groups excluding carboxylic acids is 1. The maximum atomic E-state index is 13.1. The number of pyridine rings is 1. The molecule has 30 heavy (non-hydrogen) atoms. The number of fused-ring (bicyclic) bond motifs is 1. The molecule has 4 aromatic rings. The standard InChI is InChI=1S/C23H19ClN4O2/c24-18-10-5-4-9-17(18)15-26-22(29)20-23(30)28(14-12-16-7-2-1-3-8-16)21-19(27-20)11-6-13-25-21/h1-11,13H,12,14-15H2,(H,26,29). The molecule has 2 aromatic carbocycles. The molecular formula is C23H19ClN4O2. The van der Waals surface area contributed by atoms with Crippen LogP contribution in [0.3, 0.4) is 0 Å². The van der Waals surface area contributed by atoms with Crippen LogP contribution < -0.4 is 10.9 Å². The van der Waals surface area contributed by atoms with E-state index in [4.69, 9.17) is 11.6 Å². The van der Waals surface area contributed by atoms with Gasteiger partial charge in [-0.05, 0) is 35.7 Å². The first kappa shape index (κ1) is 19.8. The Hall–Kier alpha value is -3.51. The molecule has 6 nitrogen and oxygen atoms in total. The second kappa shape index (κ2) is 8.88. The van der Waals surface area contributed by atoms with Gasteiger partial charge in [0.05, 0.1) is 0 Å². The second-order valence-corrected chi connectivity index (χ2v) is 7.18. The Morgan fingerprint density at radius 3 is 2.57 bits per heavy atom. The summed E-state index contributed by atoms with van der Waals surface area (Å²) in [4.78, 5) is 34.5. The lowest BCUT2D eigenvalue weighted by Gasteiger charge is -2.12. The molecule has 0 radical (unpaired) electrons. The number of aromatic nitrogens is 3. The Labute approximate surface area is 178 Å². The average molecular weight is 419 g/mol. The number of amides is 1. The zero-order valence-electron chi connectivity index (χ0n) is 16.1. The monoisotopic (exact) mass is 418 g/mol. The molecule has 4 rings (SSSR count). The topological polar surface area (TPSA) is 76.9 Å². The first-order chi connectivity index (χ1) is 14.6. The number of nitrogens with zero attached hydrogens (tertiary/aromatic N) is 3. The summed E-state index contributed by atoms with van der Waals surface area (Å²) in [5, 5.41) is 3.29. The van der Waals surface area contributed by atoms with E-state index in [9.17, 15) is 9.59 Å². The smallest absolute Gasteiger partial charge is 0.283 e. The molecule has 0 aliphatic carbocycles. The summed E-state index contributed by atoms with van der Waals surface area (Å²) >= 11 is 6.15. The van der Waals surface area contributed by atoms with Crippen LogP contribution in [0.15, 0.2) is 77.7 Å². The van der Waals surface area contributed by atoms with Crippen LogP contribution in [-0.2, 0) is 19.5 Å². The molecule has 2 aromatic heterocycles. The van der Waals surface area contributed by atoms with Gasteiger partial charge in [-0.3, -0.25) is 14.2 Å². The highest BCUT2D eigenvalue weighted by Gasteiger charge is 2.18. The van der Waals surface area contributed by atoms with Gasteiger partial charge < -0.3 is 5.32 Å². The molecular weight excluding hydrogens is 400 g/mol. The number of nitrogens with one attached hydrogen (secondary N) is 1. The summed E-state index contributed by atoms with van der Waals surface area (Å²) < 4.78 is 1.51. The summed E-state index contributed by atoms with van der Waals surface area (Å²) in [7, 11) is 0. The van der Waals surface area contributed by atoms with Gasteiger partial charge in [-0.15, -0.1) is 0 Å². The molecule has 0 saturated carbocycles. The predicted molar refractivity (Wildman–Crippen MR) is 117 cm³/mol. The third-order valence-corrected chi connectivity index (χ3v) is 5.15. The van der Waals surface area contributed by atoms with Gasteiger partial charge in [0.25, 0.3) is 11.5 Å². The number of hydrogen-bond donors (Lipinski definition) is 1. The van der Waals surface area contributed by atoms with Gasteiger partial charge in [0.2, 0.25) is 0 Å². The summed E-state index contributed by atoms with van der Waals surface area (Å²) in [5.74, 6) is -0.542. The Morgan fingerprint density at radius 2 is 1.77 bits per heavy atom. The molecule has 0 fully saturated rings. The van der Waals surface area contributed by atoms with E-state index in [2.05, 4.69) is 15.3 Å². The fraction of sp³-hybridized carbons (Fsp3) is 0.130. The number of aryl methyl sites for hydroxylation is 2. The quantitative estimate of drug-likeness (QED) is 0.519. The van der Waals surface area contributed by atoms with Gasteiger partial charge >= 0.3 is 0 Å². The van der Waals surface area contributed by atoms with Crippen molar-refractivity contribution in [1.29, 1.82) is 0 Å². The number of rotatable bonds is 6. The van der Waals surface area contributed by atoms with Crippen LogP contribution in [0.2, 0.25) is 5.02 Å². The Morgan fingerprint density at radius 1 is 1.00 bits per heavy atom. The van der Waals surface area contributed by atoms with Crippen molar-refractivity contribution >= 4 is 28.7 Å². The molecule has 150 valence electrons. The van der Waals surface area contributed by atoms with Crippen LogP contribution in [0.4, 0.5) is 0 Å². The highest BCUT2D eigenvalue weighted by molar-refractivity contribution is 6.31. The lowest BCUT2D eigenvalue weighted by molar-refractivity contribution is 0.0944. The Bertz CT molecular complexity index is 1260. The molecule has 0 aliphatic rings. The van der Waals surface area contributed by atoms with Crippen molar-refractivity contribution in [2.24, 2.45) is 0 Å². The van der Waals surface area contributed by atoms with Crippen molar-refractivity contribution < 1.29 is 4.79 Å². The summed E-state index contributed by atoms with van der Waals surface area (Å²) in [5.41, 5.74) is 2.19. The van der Waals surface area contributed by atoms with Crippen LogP contribution in [0, 0.1) is 0 Å². The maximum Gasteiger partial charge on any atom is 0.283 e. The predicted octanol–water partition coefficient (Wildman–Crippen LogP) is 3.62. The van der Waals surface area contributed by atoms with Crippen molar-refractivity contribution in [3.05, 3.63) is 105 Å². The van der Waals surface area contributed by atoms with Crippen molar-refractivity contribution in [3.63, 3.8) is 0 Å². The average Bonchev–Trinajstić information content (AvgIpc) is 2.78. The molecule has 0 atom stereocenters. The Kier molecular flexibility index (Phi) is 5.86. The highest BCUT2D eigenvalue weighted by atomic mass is 35.5. The fourth-order valence-corrected chi connectivity index (χ4v) is 3.42. The van der Waals surface area contributed by atoms with Gasteiger partial charge in [0.1, 0.15) is 5.52 Å². The number of halogens is 1. The number of benzene rings is 2. The normalized spacial score (nSPS) is 10.8. The molecule has 2 heterocycles. The van der Waals surface area contributed by atoms with Crippen molar-refractivity contribution in [2.75, 3.05) is 0 Å². The summed E-state index contributed by atoms with van der Waals surface area (Å²) in [6.07, 6.45) is 2.25. The largest absolute Gasteiger partial charge is 0.346 e. The molecule has 7 heteroatoms. The summed E-state index contributed by atoms with van der Waals surface area (Å²) in [6, 6.07) is 20.5. The number of hydrogen-bond acceptors (Lipinski definition) is 4. The van der Waals surface area contributed by atoms with E-state index in [1.807, 2.05) is 48.5 Å². The SMILES string of the molecule is O=C(NCc1ccccc1Cl)c1nc2cccnc2n(CCc2ccccc2)c1=O. The first-order valence-electron chi connectivity index (χ1n) is 9.54. The minimum Gasteiger partial charge on any atom is -0.346 e. The molecule has 1 N–H and O–H groups in total. The maximum absolute atomic E-state index is 13.1. The molecule has 0 spiro atoms. The van der Waals surface area contributed by atoms with Crippen LogP contribution in [0.25, 0.3) is 11.2 Å². The molecule has 0 aliphatic heterocycles. The fourth-order valence-electron chi connectivity index (χ4n) is 3.22. The van der Waals surface area contributed by atoms with Gasteiger partial charge in [-0.2, -0.15) is 0 Å². The third-order valence-electron chi connectivity index (χ3n) is 4.78. The van der Waals surface area contributed by atoms with E-state index in [-0.39, 0.29) is 12.2 Å². The van der Waals surface area contributed by atoms with Crippen LogP contribution in [0.1, 0.15) is 21.6 Å². The van der Waals surface area contributed by atoms with Gasteiger partial charge in [0, 0.05) is 24.3 Å². The van der Waals surface area contributed by atoms with Gasteiger partial charge in [-0.1, -0.05) is 60.1 Å². The van der Waals surface area contributed by atoms with Crippen LogP contribution >= 0.6 is 11.6 Å². The van der Waals surface area contributed by atoms with E-state index >= 15 is 0 Å². The molecule has 0 bridgehead atoms. The van der Waals surface area contributed by atoms with Crippen molar-refractivity contribution in [3.8, 4) is 0 Å². The van der Waals surface area contributed by atoms with Crippen LogP contribution in [-0.4, -0.2) is 20.4 Å². The minimum atomic E-state index is -0.542.